The van der Waals surface area contributed by atoms with Crippen molar-refractivity contribution in [2.24, 2.45) is 5.92 Å². The molecular formula is C19H24N2O5. The number of hydrogen-bond donors (Lipinski definition) is 1. The highest BCUT2D eigenvalue weighted by atomic mass is 16.6. The van der Waals surface area contributed by atoms with Crippen LogP contribution in [0.5, 0.6) is 0 Å². The van der Waals surface area contributed by atoms with E-state index in [0.717, 1.165) is 12.8 Å². The highest BCUT2D eigenvalue weighted by Gasteiger charge is 2.36. The third-order valence-corrected chi connectivity index (χ3v) is 4.80. The lowest BCUT2D eigenvalue weighted by atomic mass is 9.83. The van der Waals surface area contributed by atoms with E-state index in [-0.39, 0.29) is 29.5 Å². The minimum absolute atomic E-state index is 0.0301. The number of para-hydroxylation sites is 1. The number of carbonyl (C=O) groups excluding carboxylic acids is 2. The van der Waals surface area contributed by atoms with Gasteiger partial charge in [-0.05, 0) is 12.8 Å². The molecule has 0 unspecified atom stereocenters. The molecule has 7 nitrogen and oxygen atoms in total. The summed E-state index contributed by atoms with van der Waals surface area (Å²) in [6.07, 6.45) is 1.76. The van der Waals surface area contributed by atoms with Crippen LogP contribution in [0.4, 0.5) is 5.69 Å². The second kappa shape index (κ2) is 8.60. The third-order valence-electron chi connectivity index (χ3n) is 4.80. The molecule has 0 saturated carbocycles. The van der Waals surface area contributed by atoms with Crippen LogP contribution in [0, 0.1) is 16.0 Å². The molecule has 26 heavy (non-hydrogen) atoms. The Bertz CT molecular complexity index is 737. The normalized spacial score (nSPS) is 17.2. The van der Waals surface area contributed by atoms with Crippen LogP contribution in [0.25, 0.3) is 0 Å². The van der Waals surface area contributed by atoms with Crippen molar-refractivity contribution >= 4 is 17.6 Å². The average Bonchev–Trinajstić information content (AvgIpc) is 2.61. The summed E-state index contributed by atoms with van der Waals surface area (Å²) in [7, 11) is 0. The van der Waals surface area contributed by atoms with Gasteiger partial charge in [0.2, 0.25) is 5.91 Å². The number of rotatable bonds is 7. The Balaban J connectivity index is 2.38. The molecule has 0 radical (unpaired) electrons. The van der Waals surface area contributed by atoms with Crippen LogP contribution in [0.1, 0.15) is 51.5 Å². The van der Waals surface area contributed by atoms with Gasteiger partial charge in [0.1, 0.15) is 0 Å². The maximum atomic E-state index is 12.7. The summed E-state index contributed by atoms with van der Waals surface area (Å²) in [5.74, 6) is -1.23. The summed E-state index contributed by atoms with van der Waals surface area (Å²) in [5.41, 5.74) is 0.912. The van der Waals surface area contributed by atoms with Crippen molar-refractivity contribution in [1.82, 2.24) is 5.32 Å². The zero-order valence-corrected chi connectivity index (χ0v) is 15.3. The fraction of sp³-hybridized carbons (Fsp3) is 0.474. The van der Waals surface area contributed by atoms with E-state index in [1.807, 2.05) is 13.8 Å². The number of nitro benzene ring substituents is 1. The minimum atomic E-state index is -0.695. The summed E-state index contributed by atoms with van der Waals surface area (Å²) in [5, 5.41) is 14.0. The van der Waals surface area contributed by atoms with Gasteiger partial charge in [0.25, 0.3) is 5.69 Å². The predicted octanol–water partition coefficient (Wildman–Crippen LogP) is 3.45. The number of nitro groups is 1. The summed E-state index contributed by atoms with van der Waals surface area (Å²) < 4.78 is 5.47. The van der Waals surface area contributed by atoms with Crippen molar-refractivity contribution in [3.63, 3.8) is 0 Å². The van der Waals surface area contributed by atoms with Gasteiger partial charge in [-0.2, -0.15) is 0 Å². The van der Waals surface area contributed by atoms with E-state index in [4.69, 9.17) is 4.74 Å². The molecule has 0 aromatic heterocycles. The summed E-state index contributed by atoms with van der Waals surface area (Å²) in [6.45, 7) is 5.97. The van der Waals surface area contributed by atoms with Crippen molar-refractivity contribution < 1.29 is 19.2 Å². The quantitative estimate of drug-likeness (QED) is 0.456. The Morgan fingerprint density at radius 1 is 1.35 bits per heavy atom. The summed E-state index contributed by atoms with van der Waals surface area (Å²) in [4.78, 5) is 35.6. The molecule has 0 fully saturated rings. The van der Waals surface area contributed by atoms with Crippen molar-refractivity contribution in [1.29, 1.82) is 0 Å². The first-order valence-electron chi connectivity index (χ1n) is 8.80. The van der Waals surface area contributed by atoms with E-state index < -0.39 is 16.8 Å². The number of benzene rings is 1. The maximum absolute atomic E-state index is 12.7. The lowest BCUT2D eigenvalue weighted by molar-refractivity contribution is -0.385. The average molecular weight is 360 g/mol. The van der Waals surface area contributed by atoms with Gasteiger partial charge in [-0.25, -0.2) is 4.79 Å². The van der Waals surface area contributed by atoms with E-state index in [9.17, 15) is 19.7 Å². The molecule has 1 aromatic carbocycles. The maximum Gasteiger partial charge on any atom is 0.336 e. The number of hydrogen-bond acceptors (Lipinski definition) is 5. The van der Waals surface area contributed by atoms with E-state index in [2.05, 4.69) is 5.32 Å². The topological polar surface area (TPSA) is 98.5 Å². The van der Waals surface area contributed by atoms with E-state index >= 15 is 0 Å². The predicted molar refractivity (Wildman–Crippen MR) is 96.3 cm³/mol. The second-order valence-electron chi connectivity index (χ2n) is 6.44. The van der Waals surface area contributed by atoms with Crippen molar-refractivity contribution in [2.75, 3.05) is 6.61 Å². The SMILES string of the molecule is CCC(CC)COC(=O)C1=C(C)NC(=O)C[C@@H]1c1ccccc1[N+](=O)[O-]. The molecule has 7 heteroatoms. The molecule has 1 amide bonds. The highest BCUT2D eigenvalue weighted by Crippen LogP contribution is 2.38. The van der Waals surface area contributed by atoms with Gasteiger partial charge in [-0.3, -0.25) is 14.9 Å². The van der Waals surface area contributed by atoms with Gasteiger partial charge in [0, 0.05) is 29.7 Å². The smallest absolute Gasteiger partial charge is 0.336 e. The largest absolute Gasteiger partial charge is 0.462 e. The molecule has 1 aliphatic rings. The molecule has 0 saturated heterocycles. The first kappa shape index (κ1) is 19.6. The van der Waals surface area contributed by atoms with Crippen LogP contribution >= 0.6 is 0 Å². The molecule has 1 aromatic rings. The zero-order chi connectivity index (χ0) is 19.3. The van der Waals surface area contributed by atoms with E-state index in [1.54, 1.807) is 25.1 Å². The fourth-order valence-electron chi connectivity index (χ4n) is 3.18. The van der Waals surface area contributed by atoms with Crippen LogP contribution in [-0.4, -0.2) is 23.4 Å². The highest BCUT2D eigenvalue weighted by molar-refractivity contribution is 5.96. The van der Waals surface area contributed by atoms with Crippen LogP contribution in [0.15, 0.2) is 35.5 Å². The lowest BCUT2D eigenvalue weighted by Gasteiger charge is -2.26. The fourth-order valence-corrected chi connectivity index (χ4v) is 3.18. The van der Waals surface area contributed by atoms with Gasteiger partial charge in [-0.1, -0.05) is 44.9 Å². The minimum Gasteiger partial charge on any atom is -0.462 e. The molecule has 1 atom stereocenters. The van der Waals surface area contributed by atoms with Gasteiger partial charge < -0.3 is 10.1 Å². The van der Waals surface area contributed by atoms with E-state index in [0.29, 0.717) is 17.9 Å². The van der Waals surface area contributed by atoms with Crippen LogP contribution in [0.2, 0.25) is 0 Å². The van der Waals surface area contributed by atoms with Gasteiger partial charge >= 0.3 is 5.97 Å². The summed E-state index contributed by atoms with van der Waals surface area (Å²) >= 11 is 0. The van der Waals surface area contributed by atoms with Gasteiger partial charge in [0.05, 0.1) is 17.1 Å². The molecule has 0 aliphatic carbocycles. The Morgan fingerprint density at radius 2 is 2.00 bits per heavy atom. The Kier molecular flexibility index (Phi) is 6.49. The molecule has 0 bridgehead atoms. The molecule has 140 valence electrons. The molecule has 2 rings (SSSR count). The second-order valence-corrected chi connectivity index (χ2v) is 6.44. The van der Waals surface area contributed by atoms with Crippen LogP contribution in [-0.2, 0) is 14.3 Å². The van der Waals surface area contributed by atoms with Gasteiger partial charge in [0.15, 0.2) is 0 Å². The number of amides is 1. The Labute approximate surface area is 152 Å². The number of carbonyl (C=O) groups is 2. The Morgan fingerprint density at radius 3 is 2.62 bits per heavy atom. The van der Waals surface area contributed by atoms with Crippen molar-refractivity contribution in [3.05, 3.63) is 51.2 Å². The van der Waals surface area contributed by atoms with Gasteiger partial charge in [-0.15, -0.1) is 0 Å². The molecule has 0 spiro atoms. The number of nitrogens with zero attached hydrogens (tertiary/aromatic N) is 1. The molecule has 1 N–H and O–H groups in total. The standard InChI is InChI=1S/C19H24N2O5/c1-4-13(5-2)11-26-19(23)18-12(3)20-17(22)10-15(18)14-8-6-7-9-16(14)21(24)25/h6-9,13,15H,4-5,10-11H2,1-3H3,(H,20,22)/t15-/m1/s1. The van der Waals surface area contributed by atoms with E-state index in [1.165, 1.54) is 6.07 Å². The monoisotopic (exact) mass is 360 g/mol. The van der Waals surface area contributed by atoms with Crippen LogP contribution in [0.3, 0.4) is 0 Å². The Hall–Kier alpha value is -2.70. The molecule has 1 heterocycles. The van der Waals surface area contributed by atoms with Crippen LogP contribution < -0.4 is 5.32 Å². The first-order chi connectivity index (χ1) is 12.4. The zero-order valence-electron chi connectivity index (χ0n) is 15.3. The number of esters is 1. The number of allylic oxidation sites excluding steroid dienone is 1. The lowest BCUT2D eigenvalue weighted by Crippen LogP contribution is -2.34. The molecular weight excluding hydrogens is 336 g/mol. The first-order valence-corrected chi connectivity index (χ1v) is 8.80. The van der Waals surface area contributed by atoms with Crippen molar-refractivity contribution in [2.45, 2.75) is 46.0 Å². The third kappa shape index (κ3) is 4.28. The van der Waals surface area contributed by atoms with Crippen molar-refractivity contribution in [3.8, 4) is 0 Å². The number of nitrogens with one attached hydrogen (secondary N) is 1. The summed E-state index contributed by atoms with van der Waals surface area (Å²) in [6, 6.07) is 6.19. The number of ether oxygens (including phenoxy) is 1. The molecule has 1 aliphatic heterocycles.